The number of fused-ring (bicyclic) bond motifs is 1. The lowest BCUT2D eigenvalue weighted by Crippen LogP contribution is -2.15. The van der Waals surface area contributed by atoms with Crippen molar-refractivity contribution in [1.29, 1.82) is 0 Å². The molecule has 0 unspecified atom stereocenters. The number of halogens is 1. The highest BCUT2D eigenvalue weighted by atomic mass is 32.2. The molecule has 0 radical (unpaired) electrons. The highest BCUT2D eigenvalue weighted by molar-refractivity contribution is 7.99. The van der Waals surface area contributed by atoms with E-state index < -0.39 is 0 Å². The molecule has 0 saturated heterocycles. The molecule has 0 saturated carbocycles. The van der Waals surface area contributed by atoms with Crippen LogP contribution in [0.5, 0.6) is 5.75 Å². The minimum atomic E-state index is -0.276. The molecule has 1 N–H and O–H groups in total. The Balaban J connectivity index is 1.41. The molecule has 1 amide bonds. The van der Waals surface area contributed by atoms with E-state index in [2.05, 4.69) is 15.5 Å². The van der Waals surface area contributed by atoms with Gasteiger partial charge in [-0.1, -0.05) is 23.9 Å². The molecule has 0 spiro atoms. The SMILES string of the molecule is COc1ccccc1NC(=O)CSc1nnc2n1CCN2c1ccc(F)cc1. The zero-order valence-electron chi connectivity index (χ0n) is 15.1. The second-order valence-electron chi connectivity index (χ2n) is 6.10. The molecule has 4 rings (SSSR count). The average molecular weight is 399 g/mol. The third kappa shape index (κ3) is 3.65. The van der Waals surface area contributed by atoms with Crippen LogP contribution in [-0.4, -0.2) is 40.1 Å². The smallest absolute Gasteiger partial charge is 0.234 e. The number of hydrogen-bond acceptors (Lipinski definition) is 6. The molecule has 9 heteroatoms. The summed E-state index contributed by atoms with van der Waals surface area (Å²) in [4.78, 5) is 14.3. The van der Waals surface area contributed by atoms with Gasteiger partial charge in [-0.25, -0.2) is 4.39 Å². The number of carbonyl (C=O) groups excluding carboxylic acids is 1. The number of methoxy groups -OCH3 is 1. The molecule has 3 aromatic rings. The van der Waals surface area contributed by atoms with Gasteiger partial charge in [0, 0.05) is 18.8 Å². The Bertz CT molecular complexity index is 992. The van der Waals surface area contributed by atoms with Crippen LogP contribution in [0, 0.1) is 5.82 Å². The molecule has 0 fully saturated rings. The predicted molar refractivity (Wildman–Crippen MR) is 106 cm³/mol. The maximum Gasteiger partial charge on any atom is 0.234 e. The third-order valence-electron chi connectivity index (χ3n) is 4.34. The number of nitrogens with zero attached hydrogens (tertiary/aromatic N) is 4. The monoisotopic (exact) mass is 399 g/mol. The molecule has 1 aliphatic rings. The van der Waals surface area contributed by atoms with E-state index in [1.165, 1.54) is 23.9 Å². The fourth-order valence-electron chi connectivity index (χ4n) is 3.01. The van der Waals surface area contributed by atoms with Crippen LogP contribution in [0.1, 0.15) is 0 Å². The lowest BCUT2D eigenvalue weighted by Gasteiger charge is -2.14. The standard InChI is InChI=1S/C19H18FN5O2S/c1-27-16-5-3-2-4-15(16)21-17(26)12-28-19-23-22-18-24(10-11-25(18)19)14-8-6-13(20)7-9-14/h2-9H,10-12H2,1H3,(H,21,26). The Kier molecular flexibility index (Phi) is 5.16. The molecule has 1 aliphatic heterocycles. The number of thioether (sulfide) groups is 1. The van der Waals surface area contributed by atoms with E-state index in [4.69, 9.17) is 4.74 Å². The maximum atomic E-state index is 13.2. The van der Waals surface area contributed by atoms with Crippen LogP contribution in [0.25, 0.3) is 0 Å². The van der Waals surface area contributed by atoms with Crippen LogP contribution >= 0.6 is 11.8 Å². The highest BCUT2D eigenvalue weighted by Gasteiger charge is 2.26. The van der Waals surface area contributed by atoms with Crippen molar-refractivity contribution in [2.24, 2.45) is 0 Å². The van der Waals surface area contributed by atoms with Crippen molar-refractivity contribution in [2.75, 3.05) is 29.6 Å². The van der Waals surface area contributed by atoms with E-state index in [-0.39, 0.29) is 17.5 Å². The Morgan fingerprint density at radius 1 is 1.18 bits per heavy atom. The molecule has 0 atom stereocenters. The largest absolute Gasteiger partial charge is 0.495 e. The predicted octanol–water partition coefficient (Wildman–Crippen LogP) is 3.31. The van der Waals surface area contributed by atoms with Gasteiger partial charge in [0.2, 0.25) is 11.9 Å². The van der Waals surface area contributed by atoms with E-state index in [1.54, 1.807) is 31.4 Å². The van der Waals surface area contributed by atoms with Gasteiger partial charge in [-0.05, 0) is 36.4 Å². The summed E-state index contributed by atoms with van der Waals surface area (Å²) in [6, 6.07) is 13.5. The Labute approximate surface area is 165 Å². The second-order valence-corrected chi connectivity index (χ2v) is 7.04. The van der Waals surface area contributed by atoms with Gasteiger partial charge in [0.15, 0.2) is 5.16 Å². The molecule has 2 heterocycles. The van der Waals surface area contributed by atoms with Crippen molar-refractivity contribution in [3.05, 3.63) is 54.3 Å². The van der Waals surface area contributed by atoms with Crippen LogP contribution in [0.4, 0.5) is 21.7 Å². The summed E-state index contributed by atoms with van der Waals surface area (Å²) in [5, 5.41) is 12.0. The Hall–Kier alpha value is -3.07. The summed E-state index contributed by atoms with van der Waals surface area (Å²) in [7, 11) is 1.56. The number of amides is 1. The summed E-state index contributed by atoms with van der Waals surface area (Å²) >= 11 is 1.32. The van der Waals surface area contributed by atoms with Crippen LogP contribution < -0.4 is 15.0 Å². The maximum absolute atomic E-state index is 13.2. The first kappa shape index (κ1) is 18.3. The zero-order chi connectivity index (χ0) is 19.5. The molecular weight excluding hydrogens is 381 g/mol. The number of rotatable bonds is 6. The van der Waals surface area contributed by atoms with Gasteiger partial charge < -0.3 is 15.0 Å². The van der Waals surface area contributed by atoms with Crippen molar-refractivity contribution in [1.82, 2.24) is 14.8 Å². The van der Waals surface area contributed by atoms with Crippen LogP contribution in [0.2, 0.25) is 0 Å². The van der Waals surface area contributed by atoms with Crippen LogP contribution in [0.3, 0.4) is 0 Å². The second kappa shape index (κ2) is 7.89. The first-order chi connectivity index (χ1) is 13.7. The van der Waals surface area contributed by atoms with Crippen LogP contribution in [-0.2, 0) is 11.3 Å². The normalized spacial score (nSPS) is 12.7. The van der Waals surface area contributed by atoms with E-state index in [0.29, 0.717) is 29.1 Å². The fourth-order valence-corrected chi connectivity index (χ4v) is 3.77. The summed E-state index contributed by atoms with van der Waals surface area (Å²) in [6.07, 6.45) is 0. The van der Waals surface area contributed by atoms with Crippen molar-refractivity contribution < 1.29 is 13.9 Å². The van der Waals surface area contributed by atoms with E-state index >= 15 is 0 Å². The number of nitrogens with one attached hydrogen (secondary N) is 1. The van der Waals surface area contributed by atoms with Crippen molar-refractivity contribution in [3.63, 3.8) is 0 Å². The molecule has 144 valence electrons. The van der Waals surface area contributed by atoms with E-state index in [1.807, 2.05) is 21.6 Å². The summed E-state index contributed by atoms with van der Waals surface area (Å²) in [5.74, 6) is 1.08. The molecule has 7 nitrogen and oxygen atoms in total. The number of carbonyl (C=O) groups is 1. The molecule has 2 aromatic carbocycles. The van der Waals surface area contributed by atoms with Gasteiger partial charge in [-0.3, -0.25) is 9.36 Å². The first-order valence-electron chi connectivity index (χ1n) is 8.67. The summed E-state index contributed by atoms with van der Waals surface area (Å²) < 4.78 is 20.4. The van der Waals surface area contributed by atoms with Gasteiger partial charge in [0.25, 0.3) is 0 Å². The number of ether oxygens (including phenoxy) is 1. The quantitative estimate of drug-likeness (QED) is 0.641. The molecule has 28 heavy (non-hydrogen) atoms. The topological polar surface area (TPSA) is 72.3 Å². The number of benzene rings is 2. The molecule has 0 aliphatic carbocycles. The van der Waals surface area contributed by atoms with Gasteiger partial charge in [0.1, 0.15) is 11.6 Å². The zero-order valence-corrected chi connectivity index (χ0v) is 15.9. The van der Waals surface area contributed by atoms with Gasteiger partial charge in [-0.2, -0.15) is 0 Å². The summed E-state index contributed by atoms with van der Waals surface area (Å²) in [6.45, 7) is 1.42. The van der Waals surface area contributed by atoms with Gasteiger partial charge in [-0.15, -0.1) is 10.2 Å². The number of para-hydroxylation sites is 2. The van der Waals surface area contributed by atoms with Crippen LogP contribution in [0.15, 0.2) is 53.7 Å². The lowest BCUT2D eigenvalue weighted by atomic mass is 10.3. The Morgan fingerprint density at radius 2 is 1.96 bits per heavy atom. The first-order valence-corrected chi connectivity index (χ1v) is 9.66. The number of hydrogen-bond donors (Lipinski definition) is 1. The van der Waals surface area contributed by atoms with E-state index in [9.17, 15) is 9.18 Å². The van der Waals surface area contributed by atoms with Gasteiger partial charge >= 0.3 is 0 Å². The summed E-state index contributed by atoms with van der Waals surface area (Å²) in [5.41, 5.74) is 1.49. The minimum Gasteiger partial charge on any atom is -0.495 e. The van der Waals surface area contributed by atoms with Gasteiger partial charge in [0.05, 0.1) is 18.6 Å². The fraction of sp³-hybridized carbons (Fsp3) is 0.211. The van der Waals surface area contributed by atoms with Crippen molar-refractivity contribution in [2.45, 2.75) is 11.7 Å². The minimum absolute atomic E-state index is 0.153. The number of anilines is 3. The number of aromatic nitrogens is 3. The van der Waals surface area contributed by atoms with Crippen molar-refractivity contribution in [3.8, 4) is 5.75 Å². The molecular formula is C19H18FN5O2S. The molecule has 1 aromatic heterocycles. The van der Waals surface area contributed by atoms with Crippen molar-refractivity contribution >= 4 is 35.0 Å². The lowest BCUT2D eigenvalue weighted by molar-refractivity contribution is -0.113. The average Bonchev–Trinajstić information content (AvgIpc) is 3.30. The third-order valence-corrected chi connectivity index (χ3v) is 5.30. The Morgan fingerprint density at radius 3 is 2.75 bits per heavy atom. The molecule has 0 bridgehead atoms. The highest BCUT2D eigenvalue weighted by Crippen LogP contribution is 2.32. The van der Waals surface area contributed by atoms with E-state index in [0.717, 1.165) is 12.2 Å².